The zero-order valence-corrected chi connectivity index (χ0v) is 31.7. The maximum Gasteiger partial charge on any atom is 2.00 e. The number of imidazole rings is 2. The molecule has 0 aliphatic rings. The molecule has 0 fully saturated rings. The standard InChI is InChI=1S/C44H41BN4.Pt/c1-30(2)39-22-13-23-40(31(3)4)44(39)49-27-42(47-29-49)35-17-12-21-38(25-35)45(36-18-8-7-9-19-36)37-20-11-16-34(24-37)41-26-48(28-46-41)43-32(5)14-10-15-33(43)6;/h7-23,26-31H,1-6H3;/q-2;+2. The van der Waals surface area contributed by atoms with Crippen molar-refractivity contribution in [3.05, 3.63) is 163 Å². The topological polar surface area (TPSA) is 35.6 Å². The van der Waals surface area contributed by atoms with Crippen molar-refractivity contribution in [2.75, 3.05) is 0 Å². The zero-order valence-electron chi connectivity index (χ0n) is 29.5. The molecule has 5 aromatic carbocycles. The van der Waals surface area contributed by atoms with Crippen molar-refractivity contribution in [3.63, 3.8) is 0 Å². The molecule has 7 aromatic rings. The number of benzene rings is 5. The van der Waals surface area contributed by atoms with Crippen molar-refractivity contribution in [1.29, 1.82) is 0 Å². The molecule has 50 heavy (non-hydrogen) atoms. The average molecular weight is 832 g/mol. The summed E-state index contributed by atoms with van der Waals surface area (Å²) < 4.78 is 4.32. The fourth-order valence-corrected chi connectivity index (χ4v) is 6.97. The van der Waals surface area contributed by atoms with Crippen LogP contribution in [0.4, 0.5) is 0 Å². The maximum absolute atomic E-state index is 4.92. The first-order valence-electron chi connectivity index (χ1n) is 17.2. The Hall–Kier alpha value is -4.73. The van der Waals surface area contributed by atoms with Gasteiger partial charge in [-0.25, -0.2) is 0 Å². The van der Waals surface area contributed by atoms with E-state index in [4.69, 9.17) is 9.97 Å². The van der Waals surface area contributed by atoms with E-state index < -0.39 is 0 Å². The molecule has 0 unspecified atom stereocenters. The molecule has 0 amide bonds. The molecule has 250 valence electrons. The molecular weight excluding hydrogens is 790 g/mol. The second kappa shape index (κ2) is 15.0. The maximum atomic E-state index is 4.92. The molecule has 2 aromatic heterocycles. The summed E-state index contributed by atoms with van der Waals surface area (Å²) in [6, 6.07) is 44.0. The second-order valence-electron chi connectivity index (χ2n) is 13.6. The predicted octanol–water partition coefficient (Wildman–Crippen LogP) is 8.37. The number of rotatable bonds is 9. The van der Waals surface area contributed by atoms with Crippen molar-refractivity contribution in [2.24, 2.45) is 0 Å². The summed E-state index contributed by atoms with van der Waals surface area (Å²) in [6.07, 6.45) is 8.11. The summed E-state index contributed by atoms with van der Waals surface area (Å²) >= 11 is 0. The van der Waals surface area contributed by atoms with E-state index in [2.05, 4.69) is 178 Å². The smallest absolute Gasteiger partial charge is 0.315 e. The van der Waals surface area contributed by atoms with E-state index in [1.165, 1.54) is 39.1 Å². The summed E-state index contributed by atoms with van der Waals surface area (Å²) in [5, 5.41) is 0. The van der Waals surface area contributed by atoms with Gasteiger partial charge in [-0.3, -0.25) is 9.97 Å². The van der Waals surface area contributed by atoms with Crippen molar-refractivity contribution in [1.82, 2.24) is 19.1 Å². The number of para-hydroxylation sites is 2. The normalized spacial score (nSPS) is 11.2. The largest absolute Gasteiger partial charge is 2.00 e. The van der Waals surface area contributed by atoms with Gasteiger partial charge in [-0.2, -0.15) is 10.9 Å². The third-order valence-electron chi connectivity index (χ3n) is 9.41. The first kappa shape index (κ1) is 35.1. The number of aromatic nitrogens is 4. The van der Waals surface area contributed by atoms with Crippen molar-refractivity contribution in [3.8, 4) is 33.9 Å². The van der Waals surface area contributed by atoms with Crippen LogP contribution in [0.5, 0.6) is 0 Å². The van der Waals surface area contributed by atoms with E-state index in [-0.39, 0.29) is 27.8 Å². The van der Waals surface area contributed by atoms with Gasteiger partial charge in [0, 0.05) is 11.4 Å². The number of hydrogen-bond acceptors (Lipinski definition) is 2. The van der Waals surface area contributed by atoms with Crippen LogP contribution < -0.4 is 16.4 Å². The molecule has 2 heterocycles. The van der Waals surface area contributed by atoms with Gasteiger partial charge in [-0.05, 0) is 60.3 Å². The summed E-state index contributed by atoms with van der Waals surface area (Å²) in [7, 11) is 0. The SMILES string of the molecule is Cc1cccc(C)c1-n1cnc(-c2[c-]c(B(c3[c-]c(-c4cn(-c5c(C(C)C)cccc5C(C)C)cn4)ccc3)c3ccccc3)ccc2)c1.[Pt+2]. The van der Waals surface area contributed by atoms with Crippen molar-refractivity contribution < 1.29 is 21.1 Å². The molecular formula is C44H41BN4Pt. The molecule has 0 bridgehead atoms. The van der Waals surface area contributed by atoms with E-state index in [0.717, 1.165) is 33.4 Å². The van der Waals surface area contributed by atoms with E-state index in [1.54, 1.807) is 0 Å². The van der Waals surface area contributed by atoms with Gasteiger partial charge in [-0.1, -0.05) is 99.9 Å². The first-order valence-corrected chi connectivity index (χ1v) is 17.2. The Morgan fingerprint density at radius 3 is 1.50 bits per heavy atom. The summed E-state index contributed by atoms with van der Waals surface area (Å²) in [5.74, 6) is 0.793. The molecule has 0 saturated heterocycles. The van der Waals surface area contributed by atoms with E-state index in [0.29, 0.717) is 11.8 Å². The Bertz CT molecular complexity index is 2180. The van der Waals surface area contributed by atoms with Gasteiger partial charge in [0.2, 0.25) is 6.71 Å². The van der Waals surface area contributed by atoms with E-state index >= 15 is 0 Å². The third-order valence-corrected chi connectivity index (χ3v) is 9.41. The van der Waals surface area contributed by atoms with Gasteiger partial charge < -0.3 is 9.13 Å². The number of nitrogens with zero attached hydrogens (tertiary/aromatic N) is 4. The van der Waals surface area contributed by atoms with Gasteiger partial charge in [0.25, 0.3) is 0 Å². The Labute approximate surface area is 311 Å². The third kappa shape index (κ3) is 6.98. The predicted molar refractivity (Wildman–Crippen MR) is 204 cm³/mol. The van der Waals surface area contributed by atoms with Crippen LogP contribution in [-0.2, 0) is 21.1 Å². The molecule has 0 N–H and O–H groups in total. The van der Waals surface area contributed by atoms with Crippen LogP contribution in [0.1, 0.15) is 61.8 Å². The molecule has 4 nitrogen and oxygen atoms in total. The Morgan fingerprint density at radius 2 is 1.00 bits per heavy atom. The quantitative estimate of drug-likeness (QED) is 0.108. The summed E-state index contributed by atoms with van der Waals surface area (Å²) in [4.78, 5) is 9.74. The van der Waals surface area contributed by atoms with Crippen LogP contribution >= 0.6 is 0 Å². The minimum Gasteiger partial charge on any atom is -0.315 e. The van der Waals surface area contributed by atoms with Crippen LogP contribution in [0.15, 0.2) is 128 Å². The molecule has 0 spiro atoms. The molecule has 0 radical (unpaired) electrons. The minimum absolute atomic E-state index is 0. The van der Waals surface area contributed by atoms with Crippen LogP contribution in [0.2, 0.25) is 0 Å². The Balaban J connectivity index is 0.00000432. The van der Waals surface area contributed by atoms with Crippen molar-refractivity contribution in [2.45, 2.75) is 53.4 Å². The van der Waals surface area contributed by atoms with Gasteiger partial charge in [-0.15, -0.1) is 59.7 Å². The Morgan fingerprint density at radius 1 is 0.540 bits per heavy atom. The second-order valence-corrected chi connectivity index (χ2v) is 13.6. The number of aryl methyl sites for hydroxylation is 2. The average Bonchev–Trinajstić information content (AvgIpc) is 3.80. The van der Waals surface area contributed by atoms with E-state index in [1.807, 2.05) is 12.7 Å². The monoisotopic (exact) mass is 831 g/mol. The summed E-state index contributed by atoms with van der Waals surface area (Å²) in [5.41, 5.74) is 14.5. The van der Waals surface area contributed by atoms with Gasteiger partial charge in [0.15, 0.2) is 0 Å². The van der Waals surface area contributed by atoms with Crippen LogP contribution in [-0.4, -0.2) is 25.8 Å². The fourth-order valence-electron chi connectivity index (χ4n) is 6.97. The minimum atomic E-state index is -0.0712. The molecule has 6 heteroatoms. The van der Waals surface area contributed by atoms with Gasteiger partial charge >= 0.3 is 21.1 Å². The molecule has 0 atom stereocenters. The van der Waals surface area contributed by atoms with Crippen LogP contribution in [0.25, 0.3) is 33.9 Å². The van der Waals surface area contributed by atoms with Crippen LogP contribution in [0, 0.1) is 26.0 Å². The van der Waals surface area contributed by atoms with E-state index in [9.17, 15) is 0 Å². The molecule has 0 saturated carbocycles. The Kier molecular flexibility index (Phi) is 10.6. The summed E-state index contributed by atoms with van der Waals surface area (Å²) in [6.45, 7) is 13.2. The fraction of sp³-hybridized carbons (Fsp3) is 0.182. The van der Waals surface area contributed by atoms with Gasteiger partial charge in [0.1, 0.15) is 0 Å². The van der Waals surface area contributed by atoms with Gasteiger partial charge in [0.05, 0.1) is 24.0 Å². The zero-order chi connectivity index (χ0) is 34.1. The number of hydrogen-bond donors (Lipinski definition) is 0. The molecule has 0 aliphatic carbocycles. The molecule has 7 rings (SSSR count). The first-order chi connectivity index (χ1) is 23.8. The van der Waals surface area contributed by atoms with Crippen LogP contribution in [0.3, 0.4) is 0 Å². The van der Waals surface area contributed by atoms with Crippen molar-refractivity contribution >= 4 is 23.1 Å². The molecule has 0 aliphatic heterocycles.